The average molecular weight is 306 g/mol. The summed E-state index contributed by atoms with van der Waals surface area (Å²) in [5.41, 5.74) is 4.76. The van der Waals surface area contributed by atoms with Gasteiger partial charge in [0.1, 0.15) is 17.6 Å². The summed E-state index contributed by atoms with van der Waals surface area (Å²) in [5, 5.41) is 13.2. The summed E-state index contributed by atoms with van der Waals surface area (Å²) < 4.78 is 10.9. The molecular formula is C17H14N4O2. The van der Waals surface area contributed by atoms with Crippen molar-refractivity contribution in [1.82, 2.24) is 4.98 Å². The minimum Gasteiger partial charge on any atom is -0.460 e. The van der Waals surface area contributed by atoms with Gasteiger partial charge in [0.15, 0.2) is 0 Å². The molecule has 0 fully saturated rings. The first-order valence-electron chi connectivity index (χ1n) is 6.99. The number of nitriles is 1. The summed E-state index contributed by atoms with van der Waals surface area (Å²) in [7, 11) is 0. The molecule has 2 heterocycles. The first kappa shape index (κ1) is 14.6. The molecule has 0 radical (unpaired) electrons. The van der Waals surface area contributed by atoms with Crippen LogP contribution in [0.4, 0.5) is 5.88 Å². The smallest absolute Gasteiger partial charge is 0.252 e. The number of furan rings is 1. The Morgan fingerprint density at radius 3 is 2.57 bits per heavy atom. The quantitative estimate of drug-likeness (QED) is 0.584. The Hall–Kier alpha value is -3.33. The lowest BCUT2D eigenvalue weighted by Crippen LogP contribution is -1.90. The van der Waals surface area contributed by atoms with Crippen LogP contribution in [0.25, 0.3) is 11.5 Å². The third-order valence-corrected chi connectivity index (χ3v) is 3.15. The van der Waals surface area contributed by atoms with Crippen LogP contribution < -0.4 is 5.43 Å². The van der Waals surface area contributed by atoms with E-state index < -0.39 is 0 Å². The van der Waals surface area contributed by atoms with Gasteiger partial charge in [0, 0.05) is 5.56 Å². The molecule has 1 aromatic carbocycles. The predicted molar refractivity (Wildman–Crippen MR) is 86.1 cm³/mol. The number of anilines is 1. The van der Waals surface area contributed by atoms with Crippen LogP contribution in [0.15, 0.2) is 50.3 Å². The molecule has 0 unspecified atom stereocenters. The Balaban J connectivity index is 1.81. The van der Waals surface area contributed by atoms with Gasteiger partial charge in [-0.3, -0.25) is 0 Å². The van der Waals surface area contributed by atoms with E-state index in [9.17, 15) is 0 Å². The van der Waals surface area contributed by atoms with E-state index in [1.54, 1.807) is 6.07 Å². The Morgan fingerprint density at radius 1 is 1.13 bits per heavy atom. The lowest BCUT2D eigenvalue weighted by Gasteiger charge is -1.96. The van der Waals surface area contributed by atoms with Crippen LogP contribution in [0, 0.1) is 25.2 Å². The van der Waals surface area contributed by atoms with E-state index in [-0.39, 0.29) is 11.6 Å². The van der Waals surface area contributed by atoms with Crippen LogP contribution >= 0.6 is 0 Å². The monoisotopic (exact) mass is 306 g/mol. The second-order valence-electron chi connectivity index (χ2n) is 4.99. The highest BCUT2D eigenvalue weighted by Crippen LogP contribution is 2.25. The maximum absolute atomic E-state index is 9.16. The highest BCUT2D eigenvalue weighted by atomic mass is 16.4. The highest BCUT2D eigenvalue weighted by Gasteiger charge is 2.13. The highest BCUT2D eigenvalue weighted by molar-refractivity contribution is 5.76. The number of benzene rings is 1. The molecule has 3 aromatic rings. The molecule has 6 nitrogen and oxygen atoms in total. The Bertz CT molecular complexity index is 882. The van der Waals surface area contributed by atoms with E-state index in [1.165, 1.54) is 6.21 Å². The van der Waals surface area contributed by atoms with Crippen LogP contribution in [-0.2, 0) is 0 Å². The molecule has 0 bridgehead atoms. The largest absolute Gasteiger partial charge is 0.460 e. The van der Waals surface area contributed by atoms with Crippen molar-refractivity contribution in [3.8, 4) is 17.5 Å². The van der Waals surface area contributed by atoms with Gasteiger partial charge in [-0.25, -0.2) is 5.43 Å². The second-order valence-corrected chi connectivity index (χ2v) is 4.99. The number of hydrazone groups is 1. The van der Waals surface area contributed by atoms with Crippen LogP contribution in [0.1, 0.15) is 22.8 Å². The molecule has 0 amide bonds. The lowest BCUT2D eigenvalue weighted by atomic mass is 10.1. The molecule has 2 aromatic heterocycles. The Morgan fingerprint density at radius 2 is 1.91 bits per heavy atom. The van der Waals surface area contributed by atoms with Crippen LogP contribution in [0.2, 0.25) is 0 Å². The third-order valence-electron chi connectivity index (χ3n) is 3.15. The molecule has 0 aliphatic carbocycles. The van der Waals surface area contributed by atoms with Crippen molar-refractivity contribution in [2.75, 3.05) is 5.43 Å². The second kappa shape index (κ2) is 6.20. The fourth-order valence-corrected chi connectivity index (χ4v) is 1.97. The van der Waals surface area contributed by atoms with Crippen molar-refractivity contribution in [2.24, 2.45) is 5.10 Å². The zero-order chi connectivity index (χ0) is 16.2. The van der Waals surface area contributed by atoms with Gasteiger partial charge in [-0.1, -0.05) is 17.7 Å². The number of rotatable bonds is 4. The zero-order valence-corrected chi connectivity index (χ0v) is 12.7. The van der Waals surface area contributed by atoms with E-state index in [2.05, 4.69) is 15.5 Å². The van der Waals surface area contributed by atoms with E-state index in [1.807, 2.05) is 50.2 Å². The SMILES string of the molecule is Cc1ccc(-c2nc(C#N)c(N/N=C\c3ccc(C)o3)o2)cc1. The maximum atomic E-state index is 9.16. The number of aromatic nitrogens is 1. The molecule has 0 atom stereocenters. The van der Waals surface area contributed by atoms with E-state index >= 15 is 0 Å². The molecule has 1 N–H and O–H groups in total. The van der Waals surface area contributed by atoms with Crippen molar-refractivity contribution in [1.29, 1.82) is 5.26 Å². The number of nitrogens with zero attached hydrogens (tertiary/aromatic N) is 3. The molecule has 3 rings (SSSR count). The van der Waals surface area contributed by atoms with Gasteiger partial charge in [0.25, 0.3) is 5.88 Å². The van der Waals surface area contributed by atoms with Gasteiger partial charge in [-0.2, -0.15) is 15.3 Å². The molecule has 0 saturated carbocycles. The topological polar surface area (TPSA) is 87.4 Å². The number of aryl methyl sites for hydroxylation is 2. The number of nitrogens with one attached hydrogen (secondary N) is 1. The summed E-state index contributed by atoms with van der Waals surface area (Å²) in [6.45, 7) is 3.85. The Kier molecular flexibility index (Phi) is 3.93. The summed E-state index contributed by atoms with van der Waals surface area (Å²) in [6.07, 6.45) is 1.50. The van der Waals surface area contributed by atoms with E-state index in [0.717, 1.165) is 16.9 Å². The predicted octanol–water partition coefficient (Wildman–Crippen LogP) is 3.87. The number of hydrogen-bond acceptors (Lipinski definition) is 6. The molecule has 0 saturated heterocycles. The van der Waals surface area contributed by atoms with Crippen molar-refractivity contribution in [3.63, 3.8) is 0 Å². The first-order chi connectivity index (χ1) is 11.2. The van der Waals surface area contributed by atoms with Gasteiger partial charge in [-0.15, -0.1) is 0 Å². The first-order valence-corrected chi connectivity index (χ1v) is 6.99. The van der Waals surface area contributed by atoms with Crippen LogP contribution in [0.5, 0.6) is 0 Å². The molecule has 0 aliphatic heterocycles. The third kappa shape index (κ3) is 3.30. The maximum Gasteiger partial charge on any atom is 0.252 e. The molecular weight excluding hydrogens is 292 g/mol. The Labute approximate surface area is 133 Å². The van der Waals surface area contributed by atoms with Crippen molar-refractivity contribution in [3.05, 3.63) is 59.2 Å². The molecule has 0 aliphatic rings. The summed E-state index contributed by atoms with van der Waals surface area (Å²) >= 11 is 0. The van der Waals surface area contributed by atoms with Gasteiger partial charge >= 0.3 is 0 Å². The molecule has 0 spiro atoms. The fraction of sp³-hybridized carbons (Fsp3) is 0.118. The van der Waals surface area contributed by atoms with Gasteiger partial charge in [-0.05, 0) is 38.1 Å². The van der Waals surface area contributed by atoms with Gasteiger partial charge in [0.2, 0.25) is 11.6 Å². The zero-order valence-electron chi connectivity index (χ0n) is 12.7. The normalized spacial score (nSPS) is 10.8. The minimum atomic E-state index is 0.147. The van der Waals surface area contributed by atoms with E-state index in [4.69, 9.17) is 14.1 Å². The van der Waals surface area contributed by atoms with Crippen molar-refractivity contribution < 1.29 is 8.83 Å². The summed E-state index contributed by atoms with van der Waals surface area (Å²) in [5.74, 6) is 1.97. The fourth-order valence-electron chi connectivity index (χ4n) is 1.97. The standard InChI is InChI=1S/C17H14N4O2/c1-11-3-6-13(7-4-11)16-20-15(9-18)17(23-16)21-19-10-14-8-5-12(2)22-14/h3-8,10,21H,1-2H3/b19-10-. The van der Waals surface area contributed by atoms with Gasteiger partial charge in [0.05, 0.1) is 6.21 Å². The average Bonchev–Trinajstić information content (AvgIpc) is 3.14. The number of oxazole rings is 1. The minimum absolute atomic E-state index is 0.147. The van der Waals surface area contributed by atoms with Crippen molar-refractivity contribution >= 4 is 12.1 Å². The molecule has 6 heteroatoms. The van der Waals surface area contributed by atoms with Crippen molar-refractivity contribution in [2.45, 2.75) is 13.8 Å². The van der Waals surface area contributed by atoms with E-state index in [0.29, 0.717) is 11.7 Å². The van der Waals surface area contributed by atoms with Crippen LogP contribution in [-0.4, -0.2) is 11.2 Å². The summed E-state index contributed by atoms with van der Waals surface area (Å²) in [6, 6.07) is 13.3. The summed E-state index contributed by atoms with van der Waals surface area (Å²) in [4.78, 5) is 4.17. The molecule has 114 valence electrons. The number of hydrogen-bond donors (Lipinski definition) is 1. The molecule has 23 heavy (non-hydrogen) atoms. The van der Waals surface area contributed by atoms with Crippen LogP contribution in [0.3, 0.4) is 0 Å². The van der Waals surface area contributed by atoms with Gasteiger partial charge < -0.3 is 8.83 Å². The lowest BCUT2D eigenvalue weighted by molar-refractivity contribution is 0.528.